The summed E-state index contributed by atoms with van der Waals surface area (Å²) in [5, 5.41) is 7.92. The molecule has 1 aliphatic carbocycles. The second-order valence-electron chi connectivity index (χ2n) is 12.4. The highest BCUT2D eigenvalue weighted by atomic mass is 15.1. The number of para-hydroxylation sites is 1. The summed E-state index contributed by atoms with van der Waals surface area (Å²) >= 11 is 0. The molecule has 1 nitrogen and oxygen atoms in total. The zero-order valence-corrected chi connectivity index (χ0v) is 24.6. The molecule has 0 heterocycles. The number of fused-ring (bicyclic) bond motifs is 9. The quantitative estimate of drug-likeness (QED) is 0.202. The Labute approximate surface area is 247 Å². The van der Waals surface area contributed by atoms with Gasteiger partial charge in [-0.1, -0.05) is 104 Å². The third kappa shape index (κ3) is 3.56. The summed E-state index contributed by atoms with van der Waals surface area (Å²) in [6.07, 6.45) is 0. The molecular weight excluding hydrogens is 506 g/mol. The highest BCUT2D eigenvalue weighted by molar-refractivity contribution is 6.19. The van der Waals surface area contributed by atoms with E-state index < -0.39 is 0 Å². The minimum atomic E-state index is -0.120. The number of rotatable bonds is 3. The molecular formula is C41H33N. The first-order chi connectivity index (χ1) is 20.4. The molecule has 0 N–H and O–H groups in total. The normalized spacial score (nSPS) is 13.4. The van der Waals surface area contributed by atoms with Gasteiger partial charge >= 0.3 is 0 Å². The van der Waals surface area contributed by atoms with Crippen molar-refractivity contribution in [1.29, 1.82) is 0 Å². The van der Waals surface area contributed by atoms with Crippen molar-refractivity contribution in [2.45, 2.75) is 33.1 Å². The Kier molecular flexibility index (Phi) is 5.37. The molecule has 7 aromatic rings. The van der Waals surface area contributed by atoms with E-state index in [4.69, 9.17) is 0 Å². The van der Waals surface area contributed by atoms with E-state index in [0.29, 0.717) is 0 Å². The van der Waals surface area contributed by atoms with Crippen LogP contribution < -0.4 is 4.90 Å². The molecule has 1 aliphatic rings. The van der Waals surface area contributed by atoms with Crippen LogP contribution >= 0.6 is 0 Å². The summed E-state index contributed by atoms with van der Waals surface area (Å²) in [6.45, 7) is 9.17. The third-order valence-corrected chi connectivity index (χ3v) is 9.33. The first-order valence-corrected chi connectivity index (χ1v) is 14.9. The molecule has 0 saturated heterocycles. The maximum atomic E-state index is 2.46. The number of anilines is 3. The lowest BCUT2D eigenvalue weighted by Crippen LogP contribution is -2.15. The molecule has 42 heavy (non-hydrogen) atoms. The molecule has 0 bridgehead atoms. The SMILES string of the molecule is Cc1ccc(N(c2ccccc2)c2ccc3cc4c(cc3c2)C(C)(C)c2c-4c3ccccc3c3ccccc23)c(C)c1. The molecule has 0 radical (unpaired) electrons. The van der Waals surface area contributed by atoms with Crippen molar-refractivity contribution >= 4 is 49.4 Å². The van der Waals surface area contributed by atoms with Crippen molar-refractivity contribution < 1.29 is 0 Å². The maximum Gasteiger partial charge on any atom is 0.0490 e. The van der Waals surface area contributed by atoms with Crippen LogP contribution in [0.1, 0.15) is 36.1 Å². The summed E-state index contributed by atoms with van der Waals surface area (Å²) in [6, 6.07) is 47.2. The van der Waals surface area contributed by atoms with Crippen LogP contribution in [0, 0.1) is 13.8 Å². The Bertz CT molecular complexity index is 2190. The first-order valence-electron chi connectivity index (χ1n) is 14.9. The molecule has 7 aromatic carbocycles. The molecule has 8 rings (SSSR count). The van der Waals surface area contributed by atoms with Crippen LogP contribution in [-0.4, -0.2) is 0 Å². The van der Waals surface area contributed by atoms with Crippen LogP contribution in [0.5, 0.6) is 0 Å². The van der Waals surface area contributed by atoms with Gasteiger partial charge in [-0.15, -0.1) is 0 Å². The Hall–Kier alpha value is -4.88. The van der Waals surface area contributed by atoms with Crippen molar-refractivity contribution in [2.75, 3.05) is 4.90 Å². The predicted molar refractivity (Wildman–Crippen MR) is 181 cm³/mol. The molecule has 0 amide bonds. The zero-order chi connectivity index (χ0) is 28.6. The van der Waals surface area contributed by atoms with Gasteiger partial charge in [0.25, 0.3) is 0 Å². The van der Waals surface area contributed by atoms with E-state index in [-0.39, 0.29) is 5.41 Å². The molecule has 0 aromatic heterocycles. The van der Waals surface area contributed by atoms with Crippen molar-refractivity contribution in [3.05, 3.63) is 150 Å². The lowest BCUT2D eigenvalue weighted by atomic mass is 9.79. The monoisotopic (exact) mass is 539 g/mol. The Morgan fingerprint density at radius 2 is 1.19 bits per heavy atom. The third-order valence-electron chi connectivity index (χ3n) is 9.33. The second kappa shape index (κ2) is 9.06. The highest BCUT2D eigenvalue weighted by Gasteiger charge is 2.38. The number of benzene rings is 7. The van der Waals surface area contributed by atoms with Gasteiger partial charge in [0, 0.05) is 22.5 Å². The summed E-state index contributed by atoms with van der Waals surface area (Å²) in [7, 11) is 0. The van der Waals surface area contributed by atoms with Gasteiger partial charge < -0.3 is 4.90 Å². The topological polar surface area (TPSA) is 3.24 Å². The van der Waals surface area contributed by atoms with Gasteiger partial charge in [0.2, 0.25) is 0 Å². The van der Waals surface area contributed by atoms with Gasteiger partial charge in [0.1, 0.15) is 0 Å². The molecule has 0 atom stereocenters. The van der Waals surface area contributed by atoms with Crippen LogP contribution in [0.25, 0.3) is 43.4 Å². The molecule has 1 heteroatoms. The molecule has 0 spiro atoms. The van der Waals surface area contributed by atoms with Crippen LogP contribution in [0.2, 0.25) is 0 Å². The molecule has 0 fully saturated rings. The fourth-order valence-corrected chi connectivity index (χ4v) is 7.41. The van der Waals surface area contributed by atoms with Gasteiger partial charge in [0.05, 0.1) is 0 Å². The van der Waals surface area contributed by atoms with E-state index >= 15 is 0 Å². The van der Waals surface area contributed by atoms with E-state index in [9.17, 15) is 0 Å². The summed E-state index contributed by atoms with van der Waals surface area (Å²) < 4.78 is 0. The van der Waals surface area contributed by atoms with Crippen molar-refractivity contribution in [2.24, 2.45) is 0 Å². The molecule has 0 aliphatic heterocycles. The van der Waals surface area contributed by atoms with Crippen LogP contribution in [0.4, 0.5) is 17.1 Å². The van der Waals surface area contributed by atoms with Gasteiger partial charge in [-0.25, -0.2) is 0 Å². The molecule has 0 saturated carbocycles. The Balaban J connectivity index is 1.38. The van der Waals surface area contributed by atoms with Crippen molar-refractivity contribution in [1.82, 2.24) is 0 Å². The minimum absolute atomic E-state index is 0.120. The lowest BCUT2D eigenvalue weighted by molar-refractivity contribution is 0.667. The Morgan fingerprint density at radius 1 is 0.524 bits per heavy atom. The Morgan fingerprint density at radius 3 is 1.93 bits per heavy atom. The van der Waals surface area contributed by atoms with Crippen LogP contribution in [0.15, 0.2) is 127 Å². The average Bonchev–Trinajstić information content (AvgIpc) is 3.24. The number of aryl methyl sites for hydroxylation is 2. The van der Waals surface area contributed by atoms with Crippen molar-refractivity contribution in [3.63, 3.8) is 0 Å². The van der Waals surface area contributed by atoms with E-state index in [2.05, 4.69) is 160 Å². The van der Waals surface area contributed by atoms with E-state index in [0.717, 1.165) is 5.69 Å². The average molecular weight is 540 g/mol. The van der Waals surface area contributed by atoms with Crippen LogP contribution in [0.3, 0.4) is 0 Å². The molecule has 202 valence electrons. The summed E-state index contributed by atoms with van der Waals surface area (Å²) in [5.74, 6) is 0. The van der Waals surface area contributed by atoms with Gasteiger partial charge in [-0.05, 0) is 116 Å². The fourth-order valence-electron chi connectivity index (χ4n) is 7.41. The highest BCUT2D eigenvalue weighted by Crippen LogP contribution is 2.55. The first kappa shape index (κ1) is 24.9. The largest absolute Gasteiger partial charge is 0.310 e. The van der Waals surface area contributed by atoms with E-state index in [1.54, 1.807) is 0 Å². The molecule has 0 unspecified atom stereocenters. The summed E-state index contributed by atoms with van der Waals surface area (Å²) in [4.78, 5) is 2.39. The standard InChI is InChI=1S/C41H33N/c1-26-18-21-38(27(2)22-26)42(30-12-6-5-7-13-30)31-20-19-28-24-36-37(25-29(28)23-31)41(3,4)40-35-17-11-9-15-33(35)32-14-8-10-16-34(32)39(36)40/h5-25H,1-4H3. The van der Waals surface area contributed by atoms with Crippen LogP contribution in [-0.2, 0) is 5.41 Å². The number of hydrogen-bond donors (Lipinski definition) is 0. The number of nitrogens with zero attached hydrogens (tertiary/aromatic N) is 1. The smallest absolute Gasteiger partial charge is 0.0490 e. The predicted octanol–water partition coefficient (Wildman–Crippen LogP) is 11.5. The van der Waals surface area contributed by atoms with Gasteiger partial charge in [-0.2, -0.15) is 0 Å². The maximum absolute atomic E-state index is 2.46. The lowest BCUT2D eigenvalue weighted by Gasteiger charge is -2.28. The minimum Gasteiger partial charge on any atom is -0.310 e. The summed E-state index contributed by atoms with van der Waals surface area (Å²) in [5.41, 5.74) is 11.6. The second-order valence-corrected chi connectivity index (χ2v) is 12.4. The zero-order valence-electron chi connectivity index (χ0n) is 24.6. The van der Waals surface area contributed by atoms with Gasteiger partial charge in [0.15, 0.2) is 0 Å². The van der Waals surface area contributed by atoms with Gasteiger partial charge in [-0.3, -0.25) is 0 Å². The fraction of sp³-hybridized carbons (Fsp3) is 0.122. The van der Waals surface area contributed by atoms with Crippen molar-refractivity contribution in [3.8, 4) is 11.1 Å². The number of hydrogen-bond acceptors (Lipinski definition) is 1. The van der Waals surface area contributed by atoms with E-state index in [1.807, 2.05) is 0 Å². The van der Waals surface area contributed by atoms with E-state index in [1.165, 1.54) is 77.1 Å².